The van der Waals surface area contributed by atoms with Gasteiger partial charge in [-0.3, -0.25) is 24.0 Å². The molecule has 1 heterocycles. The van der Waals surface area contributed by atoms with Gasteiger partial charge in [0.2, 0.25) is 0 Å². The number of ketones is 2. The number of fused-ring (bicyclic) bond motifs is 5. The molecule has 48 heavy (non-hydrogen) atoms. The Balaban J connectivity index is 1.39. The van der Waals surface area contributed by atoms with Crippen LogP contribution in [-0.4, -0.2) is 102 Å². The Labute approximate surface area is 278 Å². The predicted molar refractivity (Wildman–Crippen MR) is 161 cm³/mol. The molecule has 1 aliphatic heterocycles. The Morgan fingerprint density at radius 2 is 1.58 bits per heavy atom. The van der Waals surface area contributed by atoms with Gasteiger partial charge in [-0.2, -0.15) is 0 Å². The molecule has 12 atom stereocenters. The summed E-state index contributed by atoms with van der Waals surface area (Å²) in [5, 5.41) is 23.8. The number of carbonyl (C=O) groups excluding carboxylic acids is 6. The zero-order chi connectivity index (χ0) is 35.3. The number of aliphatic hydroxyl groups excluding tert-OH is 1. The van der Waals surface area contributed by atoms with E-state index in [9.17, 15) is 39.0 Å². The summed E-state index contributed by atoms with van der Waals surface area (Å²) in [6, 6.07) is 0. The Hall–Kier alpha value is -3.46. The lowest BCUT2D eigenvalue weighted by Crippen LogP contribution is -2.64. The van der Waals surface area contributed by atoms with Crippen molar-refractivity contribution in [1.82, 2.24) is 0 Å². The summed E-state index contributed by atoms with van der Waals surface area (Å²) in [5.74, 6) is -4.74. The van der Waals surface area contributed by atoms with Crippen molar-refractivity contribution in [2.24, 2.45) is 28.6 Å². The maximum atomic E-state index is 14.0. The lowest BCUT2D eigenvalue weighted by molar-refractivity contribution is -0.300. The van der Waals surface area contributed by atoms with Crippen molar-refractivity contribution in [3.63, 3.8) is 0 Å². The van der Waals surface area contributed by atoms with Crippen LogP contribution in [0.3, 0.4) is 0 Å². The molecule has 0 spiro atoms. The molecule has 7 unspecified atom stereocenters. The molecule has 4 aliphatic carbocycles. The Morgan fingerprint density at radius 3 is 2.21 bits per heavy atom. The number of esters is 4. The summed E-state index contributed by atoms with van der Waals surface area (Å²) >= 11 is 0. The van der Waals surface area contributed by atoms with Gasteiger partial charge >= 0.3 is 23.9 Å². The second-order valence-electron chi connectivity index (χ2n) is 14.0. The molecule has 5 rings (SSSR count). The number of allylic oxidation sites excluding steroid dienone is 4. The number of rotatable bonds is 8. The van der Waals surface area contributed by atoms with Gasteiger partial charge in [0.05, 0.1) is 13.2 Å². The summed E-state index contributed by atoms with van der Waals surface area (Å²) in [6.45, 7) is 6.25. The Morgan fingerprint density at radius 1 is 0.958 bits per heavy atom. The lowest BCUT2D eigenvalue weighted by atomic mass is 9.46. The highest BCUT2D eigenvalue weighted by molar-refractivity contribution is 6.01. The molecular formula is C34H44O14. The van der Waals surface area contributed by atoms with Crippen LogP contribution in [-0.2, 0) is 57.2 Å². The number of Topliss-reactive ketones (excluding diaryl/α,β-unsaturated/α-hetero) is 1. The predicted octanol–water partition coefficient (Wildman–Crippen LogP) is 1.27. The highest BCUT2D eigenvalue weighted by Gasteiger charge is 2.68. The zero-order valence-corrected chi connectivity index (χ0v) is 28.0. The van der Waals surface area contributed by atoms with E-state index in [2.05, 4.69) is 0 Å². The van der Waals surface area contributed by atoms with Crippen LogP contribution in [0.4, 0.5) is 0 Å². The Bertz CT molecular complexity index is 1430. The van der Waals surface area contributed by atoms with Gasteiger partial charge in [0.15, 0.2) is 42.3 Å². The van der Waals surface area contributed by atoms with Crippen LogP contribution in [0.25, 0.3) is 0 Å². The summed E-state index contributed by atoms with van der Waals surface area (Å²) < 4.78 is 32.3. The molecule has 14 nitrogen and oxygen atoms in total. The van der Waals surface area contributed by atoms with Gasteiger partial charge in [-0.1, -0.05) is 25.5 Å². The van der Waals surface area contributed by atoms with Crippen molar-refractivity contribution in [3.8, 4) is 0 Å². The van der Waals surface area contributed by atoms with E-state index in [1.807, 2.05) is 19.9 Å². The highest BCUT2D eigenvalue weighted by Crippen LogP contribution is 2.67. The van der Waals surface area contributed by atoms with E-state index in [0.717, 1.165) is 33.5 Å². The number of hydrogen-bond donors (Lipinski definition) is 2. The number of hydrogen-bond acceptors (Lipinski definition) is 14. The van der Waals surface area contributed by atoms with E-state index in [1.54, 1.807) is 12.2 Å². The number of aliphatic hydroxyl groups is 2. The second-order valence-corrected chi connectivity index (χ2v) is 14.0. The molecule has 0 radical (unpaired) electrons. The first-order chi connectivity index (χ1) is 22.5. The molecule has 264 valence electrons. The van der Waals surface area contributed by atoms with Crippen LogP contribution in [0.1, 0.15) is 66.7 Å². The monoisotopic (exact) mass is 676 g/mol. The second kappa shape index (κ2) is 13.1. The average Bonchev–Trinajstić information content (AvgIpc) is 3.27. The van der Waals surface area contributed by atoms with Crippen LogP contribution in [0.5, 0.6) is 0 Å². The first-order valence-electron chi connectivity index (χ1n) is 16.2. The Kier molecular flexibility index (Phi) is 9.78. The zero-order valence-electron chi connectivity index (χ0n) is 28.0. The fourth-order valence-electron chi connectivity index (χ4n) is 9.28. The van der Waals surface area contributed by atoms with Gasteiger partial charge in [-0.15, -0.1) is 0 Å². The lowest BCUT2D eigenvalue weighted by Gasteiger charge is -2.59. The van der Waals surface area contributed by atoms with E-state index in [4.69, 9.17) is 28.4 Å². The maximum absolute atomic E-state index is 14.0. The summed E-state index contributed by atoms with van der Waals surface area (Å²) in [5.41, 5.74) is -2.48. The number of methoxy groups -OCH3 is 1. The van der Waals surface area contributed by atoms with Crippen molar-refractivity contribution in [1.29, 1.82) is 0 Å². The van der Waals surface area contributed by atoms with Gasteiger partial charge in [0.1, 0.15) is 12.2 Å². The number of ether oxygens (including phenoxy) is 6. The molecule has 0 aromatic carbocycles. The van der Waals surface area contributed by atoms with E-state index < -0.39 is 89.5 Å². The normalized spacial score (nSPS) is 41.5. The van der Waals surface area contributed by atoms with E-state index in [-0.39, 0.29) is 36.4 Å². The highest BCUT2D eigenvalue weighted by atomic mass is 16.7. The van der Waals surface area contributed by atoms with Crippen LogP contribution in [0.2, 0.25) is 0 Å². The van der Waals surface area contributed by atoms with Crippen molar-refractivity contribution in [2.45, 2.75) is 109 Å². The third-order valence-corrected chi connectivity index (χ3v) is 11.3. The molecule has 0 bridgehead atoms. The molecule has 5 aliphatic rings. The van der Waals surface area contributed by atoms with E-state index >= 15 is 0 Å². The smallest absolute Gasteiger partial charge is 0.339 e. The van der Waals surface area contributed by atoms with Crippen LogP contribution < -0.4 is 0 Å². The van der Waals surface area contributed by atoms with Crippen LogP contribution >= 0.6 is 0 Å². The molecule has 0 amide bonds. The van der Waals surface area contributed by atoms with Gasteiger partial charge < -0.3 is 38.6 Å². The fraction of sp³-hybridized carbons (Fsp3) is 0.706. The van der Waals surface area contributed by atoms with Crippen LogP contribution in [0.15, 0.2) is 23.8 Å². The summed E-state index contributed by atoms with van der Waals surface area (Å²) in [4.78, 5) is 75.0. The summed E-state index contributed by atoms with van der Waals surface area (Å²) in [6.07, 6.45) is -1.86. The van der Waals surface area contributed by atoms with Crippen molar-refractivity contribution >= 4 is 35.4 Å². The molecule has 2 N–H and O–H groups in total. The minimum atomic E-state index is -1.91. The van der Waals surface area contributed by atoms with Gasteiger partial charge in [0, 0.05) is 37.5 Å². The number of carbonyl (C=O) groups is 6. The van der Waals surface area contributed by atoms with Gasteiger partial charge in [0.25, 0.3) is 0 Å². The molecule has 0 aromatic heterocycles. The summed E-state index contributed by atoms with van der Waals surface area (Å²) in [7, 11) is 1.05. The minimum Gasteiger partial charge on any atom is -0.467 e. The molecule has 1 saturated heterocycles. The average molecular weight is 677 g/mol. The van der Waals surface area contributed by atoms with Crippen molar-refractivity contribution in [3.05, 3.63) is 23.8 Å². The first kappa shape index (κ1) is 35.8. The standard InChI is InChI=1S/C34H44O14/c1-16(35)45-26-27(46-17(2)36)29(47-18(3)37)31(48-28(26)30(41)43-6)44-15-24(40)34(42)12-10-22-21-8-7-19-13-20(38)9-11-32(19,4)25(21)23(39)14-33(22,34)5/h9,11,13,21-23,25-29,31,39,42H,7-8,10,12,14-15H2,1-6H3/t21?,22?,23?,25?,26-,27-,28?,29+,31+,32?,33?,34+/m1/s1. The van der Waals surface area contributed by atoms with Gasteiger partial charge in [-0.25, -0.2) is 4.79 Å². The third-order valence-electron chi connectivity index (χ3n) is 11.3. The van der Waals surface area contributed by atoms with Crippen molar-refractivity contribution in [2.75, 3.05) is 13.7 Å². The topological polar surface area (TPSA) is 198 Å². The van der Waals surface area contributed by atoms with Crippen LogP contribution in [0, 0.1) is 28.6 Å². The molecule has 14 heteroatoms. The SMILES string of the molecule is COC(=O)C1O[C@H](OCC(=O)[C@@]2(O)CCC3C4CCC5=CC(=O)C=CC5(C)C4C(O)CC32C)[C@@H](OC(C)=O)[C@H](OC(C)=O)[C@H]1OC(C)=O. The molecule has 3 saturated carbocycles. The third kappa shape index (κ3) is 6.01. The maximum Gasteiger partial charge on any atom is 0.339 e. The largest absolute Gasteiger partial charge is 0.467 e. The molecular weight excluding hydrogens is 632 g/mol. The van der Waals surface area contributed by atoms with E-state index in [0.29, 0.717) is 19.3 Å². The minimum absolute atomic E-state index is 0.0277. The fourth-order valence-corrected chi connectivity index (χ4v) is 9.28. The van der Waals surface area contributed by atoms with Crippen molar-refractivity contribution < 1.29 is 67.4 Å². The molecule has 4 fully saturated rings. The van der Waals surface area contributed by atoms with E-state index in [1.165, 1.54) is 0 Å². The van der Waals surface area contributed by atoms with Gasteiger partial charge in [-0.05, 0) is 56.1 Å². The quantitative estimate of drug-likeness (QED) is 0.275. The first-order valence-corrected chi connectivity index (χ1v) is 16.2. The molecule has 0 aromatic rings.